The van der Waals surface area contributed by atoms with Gasteiger partial charge >= 0.3 is 0 Å². The molecule has 1 aromatic heterocycles. The summed E-state index contributed by atoms with van der Waals surface area (Å²) in [5.41, 5.74) is 5.63. The van der Waals surface area contributed by atoms with Gasteiger partial charge in [-0.1, -0.05) is 34.1 Å². The van der Waals surface area contributed by atoms with E-state index in [2.05, 4.69) is 39.1 Å². The number of aromatic nitrogens is 1. The minimum absolute atomic E-state index is 0.151. The van der Waals surface area contributed by atoms with Crippen LogP contribution in [0, 0.1) is 0 Å². The highest BCUT2D eigenvalue weighted by Crippen LogP contribution is 2.32. The van der Waals surface area contributed by atoms with E-state index in [1.807, 2.05) is 41.3 Å². The van der Waals surface area contributed by atoms with Crippen molar-refractivity contribution in [3.63, 3.8) is 0 Å². The van der Waals surface area contributed by atoms with Crippen molar-refractivity contribution in [1.82, 2.24) is 4.98 Å². The number of carbonyl (C=O) groups is 1. The lowest BCUT2D eigenvalue weighted by Gasteiger charge is -2.18. The first-order valence-corrected chi connectivity index (χ1v) is 9.08. The van der Waals surface area contributed by atoms with Crippen molar-refractivity contribution in [2.24, 2.45) is 0 Å². The molecular weight excluding hydrogens is 376 g/mol. The highest BCUT2D eigenvalue weighted by Gasteiger charge is 2.24. The zero-order valence-electron chi connectivity index (χ0n) is 13.7. The molecule has 1 aliphatic heterocycles. The molecular formula is C21H17BrN2O. The molecule has 4 heteroatoms. The second kappa shape index (κ2) is 6.81. The van der Waals surface area contributed by atoms with Crippen LogP contribution < -0.4 is 4.90 Å². The van der Waals surface area contributed by atoms with E-state index in [0.29, 0.717) is 6.42 Å². The molecule has 0 aliphatic carbocycles. The third-order valence-corrected chi connectivity index (χ3v) is 5.09. The van der Waals surface area contributed by atoms with Gasteiger partial charge in [0.25, 0.3) is 0 Å². The molecule has 124 valence electrons. The fraction of sp³-hybridized carbons (Fsp3) is 0.143. The van der Waals surface area contributed by atoms with Crippen LogP contribution in [0.2, 0.25) is 0 Å². The van der Waals surface area contributed by atoms with Gasteiger partial charge in [0.05, 0.1) is 6.42 Å². The number of hydrogen-bond donors (Lipinski definition) is 0. The van der Waals surface area contributed by atoms with Gasteiger partial charge < -0.3 is 4.90 Å². The summed E-state index contributed by atoms with van der Waals surface area (Å²) in [6.45, 7) is 0.754. The maximum atomic E-state index is 12.7. The Labute approximate surface area is 155 Å². The molecule has 4 rings (SSSR count). The number of halogens is 1. The number of carbonyl (C=O) groups excluding carboxylic acids is 1. The number of anilines is 1. The van der Waals surface area contributed by atoms with Gasteiger partial charge in [-0.05, 0) is 65.1 Å². The zero-order valence-corrected chi connectivity index (χ0v) is 15.2. The predicted octanol–water partition coefficient (Wildman–Crippen LogP) is 4.64. The van der Waals surface area contributed by atoms with E-state index >= 15 is 0 Å². The van der Waals surface area contributed by atoms with Crippen LogP contribution in [0.3, 0.4) is 0 Å². The average Bonchev–Trinajstić information content (AvgIpc) is 3.07. The lowest BCUT2D eigenvalue weighted by molar-refractivity contribution is -0.117. The van der Waals surface area contributed by atoms with E-state index in [4.69, 9.17) is 0 Å². The SMILES string of the molecule is O=C(Cc1ccc(Br)cc1)N1CCc2cc(-c3ccncc3)ccc21. The highest BCUT2D eigenvalue weighted by molar-refractivity contribution is 9.10. The van der Waals surface area contributed by atoms with Gasteiger partial charge in [-0.3, -0.25) is 9.78 Å². The topological polar surface area (TPSA) is 33.2 Å². The van der Waals surface area contributed by atoms with Crippen LogP contribution in [0.5, 0.6) is 0 Å². The number of nitrogens with zero attached hydrogens (tertiary/aromatic N) is 2. The van der Waals surface area contributed by atoms with E-state index in [1.165, 1.54) is 11.1 Å². The first kappa shape index (κ1) is 16.0. The van der Waals surface area contributed by atoms with Crippen molar-refractivity contribution < 1.29 is 4.79 Å². The van der Waals surface area contributed by atoms with E-state index in [1.54, 1.807) is 12.4 Å². The number of hydrogen-bond acceptors (Lipinski definition) is 2. The Kier molecular flexibility index (Phi) is 4.36. The molecule has 3 aromatic rings. The fourth-order valence-electron chi connectivity index (χ4n) is 3.26. The summed E-state index contributed by atoms with van der Waals surface area (Å²) < 4.78 is 1.03. The van der Waals surface area contributed by atoms with Crippen molar-refractivity contribution >= 4 is 27.5 Å². The van der Waals surface area contributed by atoms with Gasteiger partial charge in [0.15, 0.2) is 0 Å². The Morgan fingerprint density at radius 2 is 1.76 bits per heavy atom. The summed E-state index contributed by atoms with van der Waals surface area (Å²) in [4.78, 5) is 18.7. The molecule has 0 bridgehead atoms. The highest BCUT2D eigenvalue weighted by atomic mass is 79.9. The molecule has 0 radical (unpaired) electrons. The molecule has 0 N–H and O–H groups in total. The van der Waals surface area contributed by atoms with E-state index < -0.39 is 0 Å². The molecule has 0 unspecified atom stereocenters. The van der Waals surface area contributed by atoms with Crippen LogP contribution in [-0.4, -0.2) is 17.4 Å². The summed E-state index contributed by atoms with van der Waals surface area (Å²) in [5.74, 6) is 0.151. The van der Waals surface area contributed by atoms with Crippen LogP contribution in [0.25, 0.3) is 11.1 Å². The minimum atomic E-state index is 0.151. The Morgan fingerprint density at radius 1 is 1.00 bits per heavy atom. The zero-order chi connectivity index (χ0) is 17.2. The summed E-state index contributed by atoms with van der Waals surface area (Å²) in [6.07, 6.45) is 4.94. The number of benzene rings is 2. The monoisotopic (exact) mass is 392 g/mol. The van der Waals surface area contributed by atoms with E-state index in [-0.39, 0.29) is 5.91 Å². The molecule has 1 amide bonds. The normalized spacial score (nSPS) is 12.9. The van der Waals surface area contributed by atoms with Crippen molar-refractivity contribution in [2.45, 2.75) is 12.8 Å². The largest absolute Gasteiger partial charge is 0.312 e. The first-order chi connectivity index (χ1) is 12.2. The van der Waals surface area contributed by atoms with E-state index in [0.717, 1.165) is 34.3 Å². The van der Waals surface area contributed by atoms with Gasteiger partial charge in [-0.25, -0.2) is 0 Å². The summed E-state index contributed by atoms with van der Waals surface area (Å²) in [6, 6.07) is 18.3. The maximum Gasteiger partial charge on any atom is 0.231 e. The molecule has 2 heterocycles. The summed E-state index contributed by atoms with van der Waals surface area (Å²) in [5, 5.41) is 0. The number of fused-ring (bicyclic) bond motifs is 1. The van der Waals surface area contributed by atoms with Crippen LogP contribution >= 0.6 is 15.9 Å². The second-order valence-corrected chi connectivity index (χ2v) is 7.09. The van der Waals surface area contributed by atoms with Gasteiger partial charge in [-0.15, -0.1) is 0 Å². The maximum absolute atomic E-state index is 12.7. The van der Waals surface area contributed by atoms with Gasteiger partial charge in [0.2, 0.25) is 5.91 Å². The third-order valence-electron chi connectivity index (χ3n) is 4.56. The van der Waals surface area contributed by atoms with Crippen molar-refractivity contribution in [1.29, 1.82) is 0 Å². The summed E-state index contributed by atoms with van der Waals surface area (Å²) >= 11 is 3.43. The lowest BCUT2D eigenvalue weighted by atomic mass is 10.0. The second-order valence-electron chi connectivity index (χ2n) is 6.18. The Bertz CT molecular complexity index is 907. The van der Waals surface area contributed by atoms with Crippen LogP contribution in [0.1, 0.15) is 11.1 Å². The molecule has 25 heavy (non-hydrogen) atoms. The molecule has 1 aliphatic rings. The predicted molar refractivity (Wildman–Crippen MR) is 104 cm³/mol. The standard InChI is InChI=1S/C21H17BrN2O/c22-19-4-1-15(2-5-19)13-21(25)24-12-9-18-14-17(3-6-20(18)24)16-7-10-23-11-8-16/h1-8,10-11,14H,9,12-13H2. The number of pyridine rings is 1. The molecule has 0 saturated carbocycles. The quantitative estimate of drug-likeness (QED) is 0.650. The number of amides is 1. The van der Waals surface area contributed by atoms with Gasteiger partial charge in [-0.2, -0.15) is 0 Å². The average molecular weight is 393 g/mol. The molecule has 0 fully saturated rings. The molecule has 0 saturated heterocycles. The summed E-state index contributed by atoms with van der Waals surface area (Å²) in [7, 11) is 0. The lowest BCUT2D eigenvalue weighted by Crippen LogP contribution is -2.30. The fourth-order valence-corrected chi connectivity index (χ4v) is 3.52. The van der Waals surface area contributed by atoms with Crippen LogP contribution in [0.4, 0.5) is 5.69 Å². The minimum Gasteiger partial charge on any atom is -0.312 e. The molecule has 0 atom stereocenters. The molecule has 0 spiro atoms. The van der Waals surface area contributed by atoms with Gasteiger partial charge in [0.1, 0.15) is 0 Å². The molecule has 2 aromatic carbocycles. The Morgan fingerprint density at radius 3 is 2.52 bits per heavy atom. The molecule has 3 nitrogen and oxygen atoms in total. The van der Waals surface area contributed by atoms with Crippen LogP contribution in [0.15, 0.2) is 71.5 Å². The van der Waals surface area contributed by atoms with E-state index in [9.17, 15) is 4.79 Å². The first-order valence-electron chi connectivity index (χ1n) is 8.29. The smallest absolute Gasteiger partial charge is 0.231 e. The van der Waals surface area contributed by atoms with Gasteiger partial charge in [0, 0.05) is 29.1 Å². The van der Waals surface area contributed by atoms with Crippen molar-refractivity contribution in [3.05, 3.63) is 82.6 Å². The van der Waals surface area contributed by atoms with Crippen LogP contribution in [-0.2, 0) is 17.6 Å². The van der Waals surface area contributed by atoms with Crippen molar-refractivity contribution in [3.8, 4) is 11.1 Å². The van der Waals surface area contributed by atoms with Crippen molar-refractivity contribution in [2.75, 3.05) is 11.4 Å². The Hall–Kier alpha value is -2.46. The Balaban J connectivity index is 1.55. The number of rotatable bonds is 3. The third kappa shape index (κ3) is 3.35.